The van der Waals surface area contributed by atoms with E-state index in [9.17, 15) is 17.6 Å². The topological polar surface area (TPSA) is 75.7 Å². The summed E-state index contributed by atoms with van der Waals surface area (Å²) in [5.74, 6) is -0.742. The summed E-state index contributed by atoms with van der Waals surface area (Å²) in [6, 6.07) is 9.50. The van der Waals surface area contributed by atoms with E-state index in [-0.39, 0.29) is 18.8 Å². The van der Waals surface area contributed by atoms with E-state index in [0.717, 1.165) is 22.2 Å². The van der Waals surface area contributed by atoms with E-state index in [0.29, 0.717) is 10.8 Å². The molecule has 0 radical (unpaired) electrons. The van der Waals surface area contributed by atoms with E-state index in [2.05, 4.69) is 5.32 Å². The van der Waals surface area contributed by atoms with Gasteiger partial charge in [0.2, 0.25) is 15.9 Å². The van der Waals surface area contributed by atoms with Crippen molar-refractivity contribution in [3.05, 3.63) is 58.9 Å². The molecule has 1 atom stereocenters. The Morgan fingerprint density at radius 1 is 1.29 bits per heavy atom. The second kappa shape index (κ2) is 9.25. The molecule has 1 amide bonds. The lowest BCUT2D eigenvalue weighted by Crippen LogP contribution is -2.48. The Bertz CT molecular complexity index is 953. The molecule has 0 saturated heterocycles. The molecule has 2 aromatic rings. The highest BCUT2D eigenvalue weighted by Gasteiger charge is 2.30. The Morgan fingerprint density at radius 2 is 1.96 bits per heavy atom. The molecule has 0 aliphatic heterocycles. The summed E-state index contributed by atoms with van der Waals surface area (Å²) in [5, 5.41) is 3.17. The smallest absolute Gasteiger partial charge is 0.243 e. The molecule has 0 saturated carbocycles. The molecule has 0 aliphatic carbocycles. The number of para-hydroxylation sites is 1. The summed E-state index contributed by atoms with van der Waals surface area (Å²) < 4.78 is 44.6. The van der Waals surface area contributed by atoms with Gasteiger partial charge in [-0.2, -0.15) is 0 Å². The normalized spacial score (nSPS) is 12.3. The molecule has 2 aromatic carbocycles. The van der Waals surface area contributed by atoms with Gasteiger partial charge in [-0.25, -0.2) is 12.8 Å². The van der Waals surface area contributed by atoms with Crippen LogP contribution in [0.5, 0.6) is 5.75 Å². The number of carbonyl (C=O) groups excluding carboxylic acids is 1. The van der Waals surface area contributed by atoms with Gasteiger partial charge in [-0.05, 0) is 43.7 Å². The zero-order valence-electron chi connectivity index (χ0n) is 15.8. The first-order chi connectivity index (χ1) is 13.1. The van der Waals surface area contributed by atoms with Gasteiger partial charge in [0.25, 0.3) is 0 Å². The Hall–Kier alpha value is -2.32. The van der Waals surface area contributed by atoms with E-state index in [1.165, 1.54) is 25.1 Å². The molecule has 1 N–H and O–H groups in total. The number of anilines is 1. The predicted octanol–water partition coefficient (Wildman–Crippen LogP) is 3.14. The van der Waals surface area contributed by atoms with Gasteiger partial charge in [0.1, 0.15) is 24.2 Å². The van der Waals surface area contributed by atoms with Crippen LogP contribution in [0.3, 0.4) is 0 Å². The molecule has 152 valence electrons. The average molecular weight is 429 g/mol. The summed E-state index contributed by atoms with van der Waals surface area (Å²) >= 11 is 6.02. The zero-order valence-corrected chi connectivity index (χ0v) is 17.3. The van der Waals surface area contributed by atoms with Gasteiger partial charge in [-0.15, -0.1) is 0 Å². The van der Waals surface area contributed by atoms with Crippen molar-refractivity contribution in [1.29, 1.82) is 0 Å². The summed E-state index contributed by atoms with van der Waals surface area (Å²) in [5.41, 5.74) is 0.739. The van der Waals surface area contributed by atoms with Crippen LogP contribution in [0.4, 0.5) is 10.1 Å². The molecule has 28 heavy (non-hydrogen) atoms. The van der Waals surface area contributed by atoms with Gasteiger partial charge in [0.15, 0.2) is 0 Å². The first-order valence-electron chi connectivity index (χ1n) is 8.52. The van der Waals surface area contributed by atoms with Crippen molar-refractivity contribution in [3.8, 4) is 5.75 Å². The van der Waals surface area contributed by atoms with Crippen molar-refractivity contribution in [1.82, 2.24) is 5.32 Å². The first-order valence-corrected chi connectivity index (χ1v) is 10.7. The second-order valence-electron chi connectivity index (χ2n) is 6.24. The summed E-state index contributed by atoms with van der Waals surface area (Å²) in [7, 11) is -3.88. The van der Waals surface area contributed by atoms with Crippen LogP contribution in [0.2, 0.25) is 5.02 Å². The molecule has 0 bridgehead atoms. The number of aryl methyl sites for hydroxylation is 1. The fourth-order valence-electron chi connectivity index (χ4n) is 2.57. The number of nitrogens with one attached hydrogen (secondary N) is 1. The highest BCUT2D eigenvalue weighted by molar-refractivity contribution is 7.92. The fourth-order valence-corrected chi connectivity index (χ4v) is 3.91. The third-order valence-electron chi connectivity index (χ3n) is 3.99. The van der Waals surface area contributed by atoms with Crippen LogP contribution < -0.4 is 14.4 Å². The Kier molecular flexibility index (Phi) is 7.26. The minimum atomic E-state index is -3.88. The van der Waals surface area contributed by atoms with E-state index < -0.39 is 27.8 Å². The Labute approximate surface area is 169 Å². The number of carbonyl (C=O) groups is 1. The molecule has 9 heteroatoms. The van der Waals surface area contributed by atoms with E-state index in [1.54, 1.807) is 12.1 Å². The van der Waals surface area contributed by atoms with E-state index >= 15 is 0 Å². The van der Waals surface area contributed by atoms with Crippen molar-refractivity contribution in [2.24, 2.45) is 0 Å². The molecular formula is C19H22ClFN2O4S. The van der Waals surface area contributed by atoms with Crippen molar-refractivity contribution in [2.45, 2.75) is 19.9 Å². The summed E-state index contributed by atoms with van der Waals surface area (Å²) in [6.45, 7) is 3.57. The molecule has 0 heterocycles. The highest BCUT2D eigenvalue weighted by atomic mass is 35.5. The van der Waals surface area contributed by atoms with Gasteiger partial charge in [-0.3, -0.25) is 9.10 Å². The van der Waals surface area contributed by atoms with Gasteiger partial charge in [0.05, 0.1) is 18.5 Å². The van der Waals surface area contributed by atoms with Crippen molar-refractivity contribution in [2.75, 3.05) is 23.7 Å². The lowest BCUT2D eigenvalue weighted by atomic mass is 10.2. The van der Waals surface area contributed by atoms with Gasteiger partial charge in [-0.1, -0.05) is 29.8 Å². The van der Waals surface area contributed by atoms with Crippen LogP contribution in [0.1, 0.15) is 12.5 Å². The molecular weight excluding hydrogens is 407 g/mol. The standard InChI is InChI=1S/C19H22ClFN2O4S/c1-13-8-9-15(12-16(13)20)27-11-10-22-19(24)14(2)23(28(3,25)26)18-7-5-4-6-17(18)21/h4-9,12,14H,10-11H2,1-3H3,(H,22,24). The zero-order chi connectivity index (χ0) is 20.9. The van der Waals surface area contributed by atoms with Gasteiger partial charge < -0.3 is 10.1 Å². The van der Waals surface area contributed by atoms with Crippen molar-refractivity contribution in [3.63, 3.8) is 0 Å². The van der Waals surface area contributed by atoms with Crippen molar-refractivity contribution >= 4 is 33.2 Å². The summed E-state index contributed by atoms with van der Waals surface area (Å²) in [6.07, 6.45) is 0.924. The minimum Gasteiger partial charge on any atom is -0.492 e. The number of halogens is 2. The third kappa shape index (κ3) is 5.59. The van der Waals surface area contributed by atoms with E-state index in [4.69, 9.17) is 16.3 Å². The van der Waals surface area contributed by atoms with Crippen molar-refractivity contribution < 1.29 is 22.3 Å². The quantitative estimate of drug-likeness (QED) is 0.655. The third-order valence-corrected chi connectivity index (χ3v) is 5.63. The number of benzene rings is 2. The average Bonchev–Trinajstić information content (AvgIpc) is 2.62. The van der Waals surface area contributed by atoms with E-state index in [1.807, 2.05) is 13.0 Å². The maximum absolute atomic E-state index is 14.1. The second-order valence-corrected chi connectivity index (χ2v) is 8.50. The largest absolute Gasteiger partial charge is 0.492 e. The lowest BCUT2D eigenvalue weighted by Gasteiger charge is -2.28. The number of sulfonamides is 1. The molecule has 0 spiro atoms. The Morgan fingerprint density at radius 3 is 2.57 bits per heavy atom. The number of hydrogen-bond acceptors (Lipinski definition) is 4. The van der Waals surface area contributed by atoms with Gasteiger partial charge >= 0.3 is 0 Å². The van der Waals surface area contributed by atoms with Gasteiger partial charge in [0, 0.05) is 5.02 Å². The number of ether oxygens (including phenoxy) is 1. The van der Waals surface area contributed by atoms with Crippen LogP contribution in [-0.4, -0.2) is 39.8 Å². The number of rotatable bonds is 8. The van der Waals surface area contributed by atoms with Crippen LogP contribution in [0, 0.1) is 12.7 Å². The van der Waals surface area contributed by atoms with Crippen LogP contribution in [0.15, 0.2) is 42.5 Å². The molecule has 0 fully saturated rings. The number of nitrogens with zero attached hydrogens (tertiary/aromatic N) is 1. The number of amides is 1. The van der Waals surface area contributed by atoms with Crippen LogP contribution in [-0.2, 0) is 14.8 Å². The monoisotopic (exact) mass is 428 g/mol. The first kappa shape index (κ1) is 22.0. The molecule has 0 aliphatic rings. The SMILES string of the molecule is Cc1ccc(OCCNC(=O)C(C)N(c2ccccc2F)S(C)(=O)=O)cc1Cl. The maximum Gasteiger partial charge on any atom is 0.243 e. The molecule has 0 aromatic heterocycles. The minimum absolute atomic E-state index is 0.142. The Balaban J connectivity index is 1.99. The van der Waals surface area contributed by atoms with Crippen LogP contribution in [0.25, 0.3) is 0 Å². The molecule has 2 rings (SSSR count). The molecule has 6 nitrogen and oxygen atoms in total. The summed E-state index contributed by atoms with van der Waals surface area (Å²) in [4.78, 5) is 12.4. The number of hydrogen-bond donors (Lipinski definition) is 1. The fraction of sp³-hybridized carbons (Fsp3) is 0.316. The highest BCUT2D eigenvalue weighted by Crippen LogP contribution is 2.24. The lowest BCUT2D eigenvalue weighted by molar-refractivity contribution is -0.121. The molecule has 1 unspecified atom stereocenters. The van der Waals surface area contributed by atoms with Crippen LogP contribution >= 0.6 is 11.6 Å². The predicted molar refractivity (Wildman–Crippen MR) is 108 cm³/mol. The maximum atomic E-state index is 14.1.